The van der Waals surface area contributed by atoms with Crippen molar-refractivity contribution in [3.63, 3.8) is 0 Å². The third-order valence-corrected chi connectivity index (χ3v) is 6.36. The van der Waals surface area contributed by atoms with Gasteiger partial charge in [0.1, 0.15) is 5.75 Å². The van der Waals surface area contributed by atoms with E-state index in [1.165, 1.54) is 0 Å². The van der Waals surface area contributed by atoms with Crippen molar-refractivity contribution in [2.75, 3.05) is 19.7 Å². The Bertz CT molecular complexity index is 951. The zero-order valence-corrected chi connectivity index (χ0v) is 18.0. The molecule has 0 spiro atoms. The molecule has 28 heavy (non-hydrogen) atoms. The van der Waals surface area contributed by atoms with Crippen LogP contribution in [0, 0.1) is 27.7 Å². The molecular weight excluding hydrogens is 400 g/mol. The van der Waals surface area contributed by atoms with E-state index < -0.39 is 10.0 Å². The maximum atomic E-state index is 12.3. The maximum Gasteiger partial charge on any atom is 0.257 e. The van der Waals surface area contributed by atoms with E-state index in [0.29, 0.717) is 10.8 Å². The minimum atomic E-state index is -3.61. The topological polar surface area (TPSA) is 84.5 Å². The van der Waals surface area contributed by atoms with Gasteiger partial charge in [-0.05, 0) is 74.2 Å². The first kappa shape index (κ1) is 22.2. The molecule has 0 aliphatic rings. The Hall–Kier alpha value is -2.09. The molecule has 6 nitrogen and oxygen atoms in total. The highest BCUT2D eigenvalue weighted by Crippen LogP contribution is 2.25. The van der Waals surface area contributed by atoms with E-state index in [1.54, 1.807) is 30.3 Å². The van der Waals surface area contributed by atoms with Crippen molar-refractivity contribution in [2.24, 2.45) is 0 Å². The Balaban J connectivity index is 1.78. The number of rotatable bonds is 8. The van der Waals surface area contributed by atoms with E-state index in [1.807, 2.05) is 27.7 Å². The molecule has 0 aliphatic carbocycles. The molecule has 1 amide bonds. The minimum absolute atomic E-state index is 0.0835. The van der Waals surface area contributed by atoms with E-state index in [2.05, 4.69) is 10.0 Å². The second kappa shape index (κ2) is 9.41. The van der Waals surface area contributed by atoms with Crippen LogP contribution >= 0.6 is 11.6 Å². The van der Waals surface area contributed by atoms with E-state index in [-0.39, 0.29) is 30.5 Å². The SMILES string of the molecule is Cc1ccc(S(=O)(=O)NCCNC(=O)COc2cc(C)c(Cl)c(C)c2)cc1C. The van der Waals surface area contributed by atoms with E-state index >= 15 is 0 Å². The van der Waals surface area contributed by atoms with E-state index in [4.69, 9.17) is 16.3 Å². The fourth-order valence-electron chi connectivity index (χ4n) is 2.54. The molecule has 2 aromatic carbocycles. The number of carbonyl (C=O) groups excluding carboxylic acids is 1. The molecule has 152 valence electrons. The predicted octanol–water partition coefficient (Wildman–Crippen LogP) is 3.05. The first-order valence-corrected chi connectivity index (χ1v) is 10.7. The Kier molecular flexibility index (Phi) is 7.46. The molecule has 2 aromatic rings. The van der Waals surface area contributed by atoms with Gasteiger partial charge in [0.15, 0.2) is 6.61 Å². The van der Waals surface area contributed by atoms with Gasteiger partial charge in [0, 0.05) is 18.1 Å². The molecular formula is C20H25ClN2O4S. The largest absolute Gasteiger partial charge is 0.484 e. The molecule has 2 rings (SSSR count). The number of nitrogens with one attached hydrogen (secondary N) is 2. The molecule has 0 saturated carbocycles. The van der Waals surface area contributed by atoms with Gasteiger partial charge in [0.05, 0.1) is 4.90 Å². The van der Waals surface area contributed by atoms with Crippen LogP contribution in [-0.2, 0) is 14.8 Å². The monoisotopic (exact) mass is 424 g/mol. The summed E-state index contributed by atoms with van der Waals surface area (Å²) in [5.41, 5.74) is 3.67. The lowest BCUT2D eigenvalue weighted by molar-refractivity contribution is -0.123. The summed E-state index contributed by atoms with van der Waals surface area (Å²) < 4.78 is 32.5. The smallest absolute Gasteiger partial charge is 0.257 e. The summed E-state index contributed by atoms with van der Waals surface area (Å²) in [6, 6.07) is 8.48. The van der Waals surface area contributed by atoms with Crippen LogP contribution in [0.15, 0.2) is 35.2 Å². The summed E-state index contributed by atoms with van der Waals surface area (Å²) >= 11 is 6.10. The number of hydrogen-bond acceptors (Lipinski definition) is 4. The fraction of sp³-hybridized carbons (Fsp3) is 0.350. The average Bonchev–Trinajstić information content (AvgIpc) is 2.63. The van der Waals surface area contributed by atoms with Crippen LogP contribution in [0.1, 0.15) is 22.3 Å². The van der Waals surface area contributed by atoms with Crippen LogP contribution in [0.25, 0.3) is 0 Å². The van der Waals surface area contributed by atoms with Crippen molar-refractivity contribution < 1.29 is 17.9 Å². The number of ether oxygens (including phenoxy) is 1. The summed E-state index contributed by atoms with van der Waals surface area (Å²) in [4.78, 5) is 12.1. The third-order valence-electron chi connectivity index (χ3n) is 4.31. The fourth-order valence-corrected chi connectivity index (χ4v) is 3.77. The van der Waals surface area contributed by atoms with Gasteiger partial charge >= 0.3 is 0 Å². The first-order chi connectivity index (χ1) is 13.1. The number of hydrogen-bond donors (Lipinski definition) is 2. The van der Waals surface area contributed by atoms with Crippen molar-refractivity contribution in [3.05, 3.63) is 57.6 Å². The van der Waals surface area contributed by atoms with Gasteiger partial charge in [-0.1, -0.05) is 17.7 Å². The van der Waals surface area contributed by atoms with Crippen LogP contribution in [0.4, 0.5) is 0 Å². The first-order valence-electron chi connectivity index (χ1n) is 8.83. The Morgan fingerprint density at radius 3 is 2.21 bits per heavy atom. The van der Waals surface area contributed by atoms with Gasteiger partial charge in [0.2, 0.25) is 10.0 Å². The zero-order valence-electron chi connectivity index (χ0n) is 16.4. The van der Waals surface area contributed by atoms with Crippen LogP contribution in [-0.4, -0.2) is 34.0 Å². The van der Waals surface area contributed by atoms with Crippen molar-refractivity contribution in [3.8, 4) is 5.75 Å². The summed E-state index contributed by atoms with van der Waals surface area (Å²) in [5.74, 6) is 0.223. The van der Waals surface area contributed by atoms with Crippen LogP contribution in [0.2, 0.25) is 5.02 Å². The molecule has 0 unspecified atom stereocenters. The molecule has 0 saturated heterocycles. The lowest BCUT2D eigenvalue weighted by atomic mass is 10.1. The van der Waals surface area contributed by atoms with Gasteiger partial charge in [-0.25, -0.2) is 13.1 Å². The van der Waals surface area contributed by atoms with E-state index in [9.17, 15) is 13.2 Å². The van der Waals surface area contributed by atoms with Crippen LogP contribution in [0.5, 0.6) is 5.75 Å². The summed E-state index contributed by atoms with van der Waals surface area (Å²) in [5, 5.41) is 3.30. The molecule has 8 heteroatoms. The predicted molar refractivity (Wildman–Crippen MR) is 111 cm³/mol. The number of halogens is 1. The second-order valence-corrected chi connectivity index (χ2v) is 8.80. The molecule has 0 radical (unpaired) electrons. The summed E-state index contributed by atoms with van der Waals surface area (Å²) in [6.45, 7) is 7.59. The highest BCUT2D eigenvalue weighted by atomic mass is 35.5. The molecule has 0 aromatic heterocycles. The second-order valence-electron chi connectivity index (χ2n) is 6.65. The minimum Gasteiger partial charge on any atom is -0.484 e. The summed E-state index contributed by atoms with van der Waals surface area (Å²) in [6.07, 6.45) is 0. The van der Waals surface area contributed by atoms with Crippen molar-refractivity contribution in [2.45, 2.75) is 32.6 Å². The van der Waals surface area contributed by atoms with Crippen molar-refractivity contribution in [1.82, 2.24) is 10.0 Å². The summed E-state index contributed by atoms with van der Waals surface area (Å²) in [7, 11) is -3.61. The molecule has 0 atom stereocenters. The average molecular weight is 425 g/mol. The third kappa shape index (κ3) is 5.95. The molecule has 0 heterocycles. The highest BCUT2D eigenvalue weighted by molar-refractivity contribution is 7.89. The standard InChI is InChI=1S/C20H25ClN2O4S/c1-13-5-6-18(11-14(13)2)28(25,26)23-8-7-22-19(24)12-27-17-9-15(3)20(21)16(4)10-17/h5-6,9-11,23H,7-8,12H2,1-4H3,(H,22,24). The van der Waals surface area contributed by atoms with Gasteiger partial charge in [-0.15, -0.1) is 0 Å². The van der Waals surface area contributed by atoms with Gasteiger partial charge in [0.25, 0.3) is 5.91 Å². The molecule has 2 N–H and O–H groups in total. The maximum absolute atomic E-state index is 12.3. The Morgan fingerprint density at radius 1 is 0.964 bits per heavy atom. The van der Waals surface area contributed by atoms with Crippen molar-refractivity contribution in [1.29, 1.82) is 0 Å². The van der Waals surface area contributed by atoms with Crippen LogP contribution in [0.3, 0.4) is 0 Å². The number of sulfonamides is 1. The molecule has 0 aliphatic heterocycles. The van der Waals surface area contributed by atoms with Gasteiger partial charge in [-0.2, -0.15) is 0 Å². The quantitative estimate of drug-likeness (QED) is 0.638. The van der Waals surface area contributed by atoms with Gasteiger partial charge < -0.3 is 10.1 Å². The number of aryl methyl sites for hydroxylation is 4. The Morgan fingerprint density at radius 2 is 1.61 bits per heavy atom. The molecule has 0 fully saturated rings. The van der Waals surface area contributed by atoms with Crippen LogP contribution < -0.4 is 14.8 Å². The van der Waals surface area contributed by atoms with Crippen molar-refractivity contribution >= 4 is 27.5 Å². The number of amides is 1. The lowest BCUT2D eigenvalue weighted by Crippen LogP contribution is -2.36. The highest BCUT2D eigenvalue weighted by Gasteiger charge is 2.14. The normalized spacial score (nSPS) is 11.3. The van der Waals surface area contributed by atoms with E-state index in [0.717, 1.165) is 22.3 Å². The molecule has 0 bridgehead atoms. The lowest BCUT2D eigenvalue weighted by Gasteiger charge is -2.11. The zero-order chi connectivity index (χ0) is 20.9. The van der Waals surface area contributed by atoms with Gasteiger partial charge in [-0.3, -0.25) is 4.79 Å². The number of carbonyl (C=O) groups is 1. The Labute approximate surface area is 171 Å². The number of benzene rings is 2.